The first-order valence-corrected chi connectivity index (χ1v) is 6.10. The van der Waals surface area contributed by atoms with E-state index in [9.17, 15) is 4.79 Å². The van der Waals surface area contributed by atoms with Crippen LogP contribution in [0.25, 0.3) is 0 Å². The molecule has 0 aliphatic rings. The van der Waals surface area contributed by atoms with Gasteiger partial charge in [-0.1, -0.05) is 23.2 Å². The third-order valence-electron chi connectivity index (χ3n) is 2.25. The lowest BCUT2D eigenvalue weighted by Gasteiger charge is -2.10. The van der Waals surface area contributed by atoms with Crippen LogP contribution in [0.2, 0.25) is 10.0 Å². The monoisotopic (exact) mass is 274 g/mol. The van der Waals surface area contributed by atoms with Crippen molar-refractivity contribution in [2.24, 2.45) is 0 Å². The minimum absolute atomic E-state index is 0.0228. The van der Waals surface area contributed by atoms with E-state index < -0.39 is 0 Å². The summed E-state index contributed by atoms with van der Waals surface area (Å²) in [4.78, 5) is 13.9. The number of benzene rings is 1. The van der Waals surface area contributed by atoms with Gasteiger partial charge < -0.3 is 10.2 Å². The Morgan fingerprint density at radius 1 is 1.35 bits per heavy atom. The van der Waals surface area contributed by atoms with E-state index in [1.165, 1.54) is 0 Å². The fraction of sp³-hybridized carbons (Fsp3) is 0.417. The molecule has 0 saturated heterocycles. The Kier molecular flexibility index (Phi) is 5.92. The van der Waals surface area contributed by atoms with Crippen molar-refractivity contribution >= 4 is 29.0 Å². The molecule has 0 amide bonds. The number of nitrogens with zero attached hydrogens (tertiary/aromatic N) is 1. The van der Waals surface area contributed by atoms with Gasteiger partial charge in [0, 0.05) is 23.7 Å². The molecular weight excluding hydrogens is 259 g/mol. The fourth-order valence-electron chi connectivity index (χ4n) is 1.32. The van der Waals surface area contributed by atoms with Gasteiger partial charge in [0.15, 0.2) is 5.78 Å². The lowest BCUT2D eigenvalue weighted by atomic mass is 10.1. The predicted octanol–water partition coefficient (Wildman–Crippen LogP) is 2.33. The first-order valence-electron chi connectivity index (χ1n) is 5.34. The number of ketones is 1. The summed E-state index contributed by atoms with van der Waals surface area (Å²) in [6.07, 6.45) is 0. The van der Waals surface area contributed by atoms with Crippen LogP contribution in [0.5, 0.6) is 0 Å². The van der Waals surface area contributed by atoms with Crippen LogP contribution in [-0.2, 0) is 0 Å². The Bertz CT molecular complexity index is 394. The van der Waals surface area contributed by atoms with Crippen LogP contribution >= 0.6 is 23.2 Å². The minimum Gasteiger partial charge on any atom is -0.308 e. The zero-order valence-corrected chi connectivity index (χ0v) is 11.5. The van der Waals surface area contributed by atoms with E-state index in [1.54, 1.807) is 18.2 Å². The molecule has 1 rings (SSSR count). The molecule has 0 heterocycles. The Balaban J connectivity index is 2.47. The molecule has 17 heavy (non-hydrogen) atoms. The number of Topliss-reactive ketones (excluding diaryl/α,β-unsaturated/α-hetero) is 1. The molecule has 0 aliphatic heterocycles. The van der Waals surface area contributed by atoms with Gasteiger partial charge in [-0.2, -0.15) is 0 Å². The Morgan fingerprint density at radius 3 is 2.65 bits per heavy atom. The van der Waals surface area contributed by atoms with E-state index in [-0.39, 0.29) is 12.3 Å². The van der Waals surface area contributed by atoms with Gasteiger partial charge in [0.1, 0.15) is 0 Å². The second kappa shape index (κ2) is 6.97. The molecule has 1 N–H and O–H groups in total. The normalized spacial score (nSPS) is 10.9. The van der Waals surface area contributed by atoms with Gasteiger partial charge in [-0.25, -0.2) is 0 Å². The second-order valence-electron chi connectivity index (χ2n) is 4.03. The Labute approximate surface area is 112 Å². The quantitative estimate of drug-likeness (QED) is 0.639. The molecule has 0 radical (unpaired) electrons. The van der Waals surface area contributed by atoms with Crippen LogP contribution in [0.4, 0.5) is 0 Å². The highest BCUT2D eigenvalue weighted by Crippen LogP contribution is 2.21. The first kappa shape index (κ1) is 14.5. The summed E-state index contributed by atoms with van der Waals surface area (Å²) in [5.41, 5.74) is 0.508. The van der Waals surface area contributed by atoms with E-state index in [2.05, 4.69) is 5.32 Å². The molecule has 3 nitrogen and oxygen atoms in total. The van der Waals surface area contributed by atoms with Crippen LogP contribution in [0.1, 0.15) is 10.4 Å². The molecule has 5 heteroatoms. The number of hydrogen-bond acceptors (Lipinski definition) is 3. The number of rotatable bonds is 6. The van der Waals surface area contributed by atoms with Crippen molar-refractivity contribution in [1.82, 2.24) is 10.2 Å². The lowest BCUT2D eigenvalue weighted by Crippen LogP contribution is -2.30. The number of halogens is 2. The summed E-state index contributed by atoms with van der Waals surface area (Å²) >= 11 is 11.7. The number of nitrogens with one attached hydrogen (secondary N) is 1. The molecule has 0 spiro atoms. The Hall–Kier alpha value is -0.610. The predicted molar refractivity (Wildman–Crippen MR) is 72.2 cm³/mol. The molecule has 94 valence electrons. The van der Waals surface area contributed by atoms with Gasteiger partial charge in [0.05, 0.1) is 11.6 Å². The standard InChI is InChI=1S/C12H16Cl2N2O/c1-16(2)6-5-15-8-12(17)10-4-3-9(13)7-11(10)14/h3-4,7,15H,5-6,8H2,1-2H3. The highest BCUT2D eigenvalue weighted by molar-refractivity contribution is 6.36. The summed E-state index contributed by atoms with van der Waals surface area (Å²) in [5, 5.41) is 4.01. The maximum atomic E-state index is 11.8. The molecule has 0 saturated carbocycles. The van der Waals surface area contributed by atoms with Gasteiger partial charge in [0.25, 0.3) is 0 Å². The van der Waals surface area contributed by atoms with E-state index in [4.69, 9.17) is 23.2 Å². The fourth-order valence-corrected chi connectivity index (χ4v) is 1.83. The van der Waals surface area contributed by atoms with Gasteiger partial charge in [-0.05, 0) is 32.3 Å². The van der Waals surface area contributed by atoms with Crippen molar-refractivity contribution in [3.05, 3.63) is 33.8 Å². The maximum absolute atomic E-state index is 11.8. The number of likely N-dealkylation sites (N-methyl/N-ethyl adjacent to an activating group) is 1. The second-order valence-corrected chi connectivity index (χ2v) is 4.87. The van der Waals surface area contributed by atoms with Gasteiger partial charge in [0.2, 0.25) is 0 Å². The van der Waals surface area contributed by atoms with Crippen molar-refractivity contribution in [3.63, 3.8) is 0 Å². The summed E-state index contributed by atoms with van der Waals surface area (Å²) in [7, 11) is 3.97. The van der Waals surface area contributed by atoms with Crippen LogP contribution < -0.4 is 5.32 Å². The Morgan fingerprint density at radius 2 is 2.06 bits per heavy atom. The SMILES string of the molecule is CN(C)CCNCC(=O)c1ccc(Cl)cc1Cl. The zero-order chi connectivity index (χ0) is 12.8. The number of hydrogen-bond donors (Lipinski definition) is 1. The molecule has 0 atom stereocenters. The van der Waals surface area contributed by atoms with Gasteiger partial charge >= 0.3 is 0 Å². The highest BCUT2D eigenvalue weighted by atomic mass is 35.5. The first-order chi connectivity index (χ1) is 8.00. The minimum atomic E-state index is -0.0228. The van der Waals surface area contributed by atoms with Gasteiger partial charge in [-0.15, -0.1) is 0 Å². The number of carbonyl (C=O) groups excluding carboxylic acids is 1. The van der Waals surface area contributed by atoms with Crippen LogP contribution in [0.3, 0.4) is 0 Å². The van der Waals surface area contributed by atoms with Crippen molar-refractivity contribution < 1.29 is 4.79 Å². The highest BCUT2D eigenvalue weighted by Gasteiger charge is 2.09. The molecule has 0 bridgehead atoms. The molecule has 0 aliphatic carbocycles. The average Bonchev–Trinajstić information content (AvgIpc) is 2.23. The van der Waals surface area contributed by atoms with Crippen LogP contribution in [-0.4, -0.2) is 44.4 Å². The van der Waals surface area contributed by atoms with E-state index in [0.717, 1.165) is 13.1 Å². The topological polar surface area (TPSA) is 32.3 Å². The largest absolute Gasteiger partial charge is 0.308 e. The molecule has 0 fully saturated rings. The van der Waals surface area contributed by atoms with E-state index in [1.807, 2.05) is 19.0 Å². The van der Waals surface area contributed by atoms with Gasteiger partial charge in [-0.3, -0.25) is 4.79 Å². The molecule has 0 unspecified atom stereocenters. The third kappa shape index (κ3) is 5.04. The van der Waals surface area contributed by atoms with Crippen LogP contribution in [0.15, 0.2) is 18.2 Å². The van der Waals surface area contributed by atoms with Crippen molar-refractivity contribution in [2.75, 3.05) is 33.7 Å². The summed E-state index contributed by atoms with van der Waals surface area (Å²) in [5.74, 6) is -0.0228. The summed E-state index contributed by atoms with van der Waals surface area (Å²) in [6, 6.07) is 4.90. The average molecular weight is 275 g/mol. The zero-order valence-electron chi connectivity index (χ0n) is 9.96. The smallest absolute Gasteiger partial charge is 0.178 e. The number of carbonyl (C=O) groups is 1. The summed E-state index contributed by atoms with van der Waals surface area (Å²) in [6.45, 7) is 1.95. The van der Waals surface area contributed by atoms with Crippen molar-refractivity contribution in [3.8, 4) is 0 Å². The molecular formula is C12H16Cl2N2O. The summed E-state index contributed by atoms with van der Waals surface area (Å²) < 4.78 is 0. The molecule has 1 aromatic carbocycles. The third-order valence-corrected chi connectivity index (χ3v) is 2.80. The van der Waals surface area contributed by atoms with Crippen molar-refractivity contribution in [1.29, 1.82) is 0 Å². The van der Waals surface area contributed by atoms with Crippen LogP contribution in [0, 0.1) is 0 Å². The maximum Gasteiger partial charge on any atom is 0.178 e. The van der Waals surface area contributed by atoms with Crippen molar-refractivity contribution in [2.45, 2.75) is 0 Å². The van der Waals surface area contributed by atoms with E-state index in [0.29, 0.717) is 15.6 Å². The van der Waals surface area contributed by atoms with E-state index >= 15 is 0 Å². The molecule has 1 aromatic rings. The lowest BCUT2D eigenvalue weighted by molar-refractivity contribution is 0.0991. The molecule has 0 aromatic heterocycles.